The summed E-state index contributed by atoms with van der Waals surface area (Å²) in [4.78, 5) is 0. The molecule has 2 nitrogen and oxygen atoms in total. The maximum Gasteiger partial charge on any atom is 0.0264 e. The minimum absolute atomic E-state index is 0.0208. The van der Waals surface area contributed by atoms with Crippen molar-refractivity contribution in [2.45, 2.75) is 32.9 Å². The summed E-state index contributed by atoms with van der Waals surface area (Å²) < 4.78 is 0. The highest BCUT2D eigenvalue weighted by Gasteiger charge is 2.21. The van der Waals surface area contributed by atoms with Crippen LogP contribution >= 0.6 is 11.6 Å². The van der Waals surface area contributed by atoms with Gasteiger partial charge in [-0.25, -0.2) is 0 Å². The van der Waals surface area contributed by atoms with Crippen molar-refractivity contribution in [3.05, 3.63) is 0 Å². The Kier molecular flexibility index (Phi) is 5.06. The molecule has 3 unspecified atom stereocenters. The zero-order valence-corrected chi connectivity index (χ0v) is 8.31. The van der Waals surface area contributed by atoms with E-state index in [0.29, 0.717) is 17.7 Å². The van der Waals surface area contributed by atoms with E-state index in [1.54, 1.807) is 0 Å². The lowest BCUT2D eigenvalue weighted by atomic mass is 9.90. The first kappa shape index (κ1) is 11.2. The molecule has 0 amide bonds. The quantitative estimate of drug-likeness (QED) is 0.636. The highest BCUT2D eigenvalue weighted by atomic mass is 35.5. The fourth-order valence-corrected chi connectivity index (χ4v) is 1.13. The van der Waals surface area contributed by atoms with Gasteiger partial charge >= 0.3 is 0 Å². The average Bonchev–Trinajstić information content (AvgIpc) is 2.00. The Morgan fingerprint density at radius 2 is 1.55 bits per heavy atom. The van der Waals surface area contributed by atoms with Gasteiger partial charge in [-0.1, -0.05) is 20.8 Å². The van der Waals surface area contributed by atoms with Crippen LogP contribution in [-0.4, -0.2) is 18.0 Å². The number of alkyl halides is 1. The first-order valence-corrected chi connectivity index (χ1v) is 4.61. The molecule has 0 aromatic rings. The van der Waals surface area contributed by atoms with Gasteiger partial charge in [0.05, 0.1) is 0 Å². The second kappa shape index (κ2) is 4.96. The van der Waals surface area contributed by atoms with E-state index in [2.05, 4.69) is 13.8 Å². The van der Waals surface area contributed by atoms with Gasteiger partial charge in [-0.05, 0) is 11.8 Å². The Bertz CT molecular complexity index is 106. The normalized spacial score (nSPS) is 19.9. The van der Waals surface area contributed by atoms with Gasteiger partial charge in [0.15, 0.2) is 0 Å². The van der Waals surface area contributed by atoms with Crippen LogP contribution in [0.25, 0.3) is 0 Å². The van der Waals surface area contributed by atoms with E-state index in [0.717, 1.165) is 0 Å². The van der Waals surface area contributed by atoms with Crippen LogP contribution in [0.2, 0.25) is 0 Å². The zero-order chi connectivity index (χ0) is 9.02. The SMILES string of the molecule is CC(C)C(N)C(N)C(C)CCl. The van der Waals surface area contributed by atoms with Crippen LogP contribution in [0.4, 0.5) is 0 Å². The van der Waals surface area contributed by atoms with Crippen LogP contribution in [0, 0.1) is 11.8 Å². The summed E-state index contributed by atoms with van der Waals surface area (Å²) in [5.41, 5.74) is 11.7. The molecule has 0 saturated carbocycles. The molecule has 0 aromatic heterocycles. The molecule has 0 saturated heterocycles. The molecule has 0 rings (SSSR count). The van der Waals surface area contributed by atoms with E-state index < -0.39 is 0 Å². The Morgan fingerprint density at radius 3 is 1.82 bits per heavy atom. The molecule has 0 bridgehead atoms. The standard InChI is InChI=1S/C8H19ClN2/c1-5(2)7(10)8(11)6(3)4-9/h5-8H,4,10-11H2,1-3H3. The third-order valence-electron chi connectivity index (χ3n) is 2.11. The fourth-order valence-electron chi connectivity index (χ4n) is 0.927. The molecule has 0 aromatic carbocycles. The molecule has 0 aliphatic heterocycles. The summed E-state index contributed by atoms with van der Waals surface area (Å²) in [5.74, 6) is 1.31. The van der Waals surface area contributed by atoms with Crippen molar-refractivity contribution in [1.82, 2.24) is 0 Å². The Balaban J connectivity index is 3.90. The molecule has 0 radical (unpaired) electrons. The summed E-state index contributed by atoms with van der Waals surface area (Å²) in [6.45, 7) is 6.18. The first-order valence-electron chi connectivity index (χ1n) is 4.07. The maximum atomic E-state index is 5.86. The maximum absolute atomic E-state index is 5.86. The van der Waals surface area contributed by atoms with Crippen molar-refractivity contribution >= 4 is 11.6 Å². The Labute approximate surface area is 74.3 Å². The first-order chi connectivity index (χ1) is 5.00. The molecule has 0 aliphatic carbocycles. The summed E-state index contributed by atoms with van der Waals surface area (Å²) in [5, 5.41) is 0. The van der Waals surface area contributed by atoms with Crippen molar-refractivity contribution in [3.63, 3.8) is 0 Å². The monoisotopic (exact) mass is 178 g/mol. The van der Waals surface area contributed by atoms with Crippen LogP contribution in [-0.2, 0) is 0 Å². The van der Waals surface area contributed by atoms with Gasteiger partial charge in [0.2, 0.25) is 0 Å². The summed E-state index contributed by atoms with van der Waals surface area (Å²) in [6, 6.07) is 0.0799. The van der Waals surface area contributed by atoms with Gasteiger partial charge < -0.3 is 11.5 Å². The lowest BCUT2D eigenvalue weighted by Gasteiger charge is -2.27. The minimum Gasteiger partial charge on any atom is -0.326 e. The molecule has 68 valence electrons. The lowest BCUT2D eigenvalue weighted by molar-refractivity contribution is 0.350. The molecule has 0 heterocycles. The highest BCUT2D eigenvalue weighted by molar-refractivity contribution is 6.18. The van der Waals surface area contributed by atoms with Crippen LogP contribution in [0.5, 0.6) is 0 Å². The van der Waals surface area contributed by atoms with Gasteiger partial charge in [-0.2, -0.15) is 0 Å². The second-order valence-electron chi connectivity index (χ2n) is 3.53. The molecular weight excluding hydrogens is 160 g/mol. The molecule has 11 heavy (non-hydrogen) atoms. The molecule has 4 N–H and O–H groups in total. The van der Waals surface area contributed by atoms with Crippen LogP contribution in [0.15, 0.2) is 0 Å². The van der Waals surface area contributed by atoms with E-state index in [1.807, 2.05) is 6.92 Å². The largest absolute Gasteiger partial charge is 0.326 e. The summed E-state index contributed by atoms with van der Waals surface area (Å²) >= 11 is 5.66. The minimum atomic E-state index is 0.0208. The predicted molar refractivity (Wildman–Crippen MR) is 50.7 cm³/mol. The van der Waals surface area contributed by atoms with Crippen molar-refractivity contribution in [3.8, 4) is 0 Å². The lowest BCUT2D eigenvalue weighted by Crippen LogP contribution is -2.49. The molecule has 0 fully saturated rings. The second-order valence-corrected chi connectivity index (χ2v) is 3.84. The Morgan fingerprint density at radius 1 is 1.09 bits per heavy atom. The predicted octanol–water partition coefficient (Wildman–Crippen LogP) is 1.17. The summed E-state index contributed by atoms with van der Waals surface area (Å²) in [7, 11) is 0. The number of hydrogen-bond acceptors (Lipinski definition) is 2. The van der Waals surface area contributed by atoms with E-state index >= 15 is 0 Å². The highest BCUT2D eigenvalue weighted by Crippen LogP contribution is 2.11. The molecule has 0 aliphatic rings. The van der Waals surface area contributed by atoms with Gasteiger partial charge in [0.25, 0.3) is 0 Å². The summed E-state index contributed by atoms with van der Waals surface area (Å²) in [6.07, 6.45) is 0. The van der Waals surface area contributed by atoms with E-state index in [1.165, 1.54) is 0 Å². The van der Waals surface area contributed by atoms with E-state index in [4.69, 9.17) is 23.1 Å². The molecule has 0 spiro atoms. The number of rotatable bonds is 4. The van der Waals surface area contributed by atoms with Gasteiger partial charge in [0, 0.05) is 18.0 Å². The molecule has 3 atom stereocenters. The Hall–Kier alpha value is 0.210. The third kappa shape index (κ3) is 3.41. The topological polar surface area (TPSA) is 52.0 Å². The van der Waals surface area contributed by atoms with Gasteiger partial charge in [-0.3, -0.25) is 0 Å². The van der Waals surface area contributed by atoms with Gasteiger partial charge in [-0.15, -0.1) is 11.6 Å². The third-order valence-corrected chi connectivity index (χ3v) is 2.60. The fraction of sp³-hybridized carbons (Fsp3) is 1.00. The van der Waals surface area contributed by atoms with Crippen molar-refractivity contribution in [2.24, 2.45) is 23.3 Å². The number of hydrogen-bond donors (Lipinski definition) is 2. The average molecular weight is 179 g/mol. The van der Waals surface area contributed by atoms with Crippen LogP contribution < -0.4 is 11.5 Å². The van der Waals surface area contributed by atoms with Crippen molar-refractivity contribution < 1.29 is 0 Å². The number of halogens is 1. The van der Waals surface area contributed by atoms with Crippen LogP contribution in [0.1, 0.15) is 20.8 Å². The number of nitrogens with two attached hydrogens (primary N) is 2. The smallest absolute Gasteiger partial charge is 0.0264 e. The van der Waals surface area contributed by atoms with Gasteiger partial charge in [0.1, 0.15) is 0 Å². The van der Waals surface area contributed by atoms with Crippen molar-refractivity contribution in [1.29, 1.82) is 0 Å². The molecular formula is C8H19ClN2. The van der Waals surface area contributed by atoms with E-state index in [9.17, 15) is 0 Å². The van der Waals surface area contributed by atoms with Crippen molar-refractivity contribution in [2.75, 3.05) is 5.88 Å². The van der Waals surface area contributed by atoms with E-state index in [-0.39, 0.29) is 12.1 Å². The zero-order valence-electron chi connectivity index (χ0n) is 7.55. The molecule has 3 heteroatoms. The van der Waals surface area contributed by atoms with Crippen LogP contribution in [0.3, 0.4) is 0 Å².